The topological polar surface area (TPSA) is 113 Å². The Morgan fingerprint density at radius 2 is 1.69 bits per heavy atom. The molecule has 2 fully saturated rings. The van der Waals surface area contributed by atoms with E-state index in [1.165, 1.54) is 11.2 Å². The van der Waals surface area contributed by atoms with Crippen molar-refractivity contribution in [3.63, 3.8) is 0 Å². The van der Waals surface area contributed by atoms with E-state index in [0.29, 0.717) is 73.1 Å². The number of hydrogen-bond acceptors (Lipinski definition) is 7. The maximum Gasteiger partial charge on any atom is 0.401 e. The number of nitrogens with one attached hydrogen (secondary N) is 1. The number of hydrogen-bond donors (Lipinski definition) is 2. The molecule has 6 rings (SSSR count). The molecule has 0 aliphatic carbocycles. The lowest BCUT2D eigenvalue weighted by Gasteiger charge is -2.32. The van der Waals surface area contributed by atoms with E-state index in [9.17, 15) is 18.0 Å². The molecule has 2 aromatic heterocycles. The number of nitrogens with two attached hydrogens (primary N) is 1. The maximum absolute atomic E-state index is 12.7. The summed E-state index contributed by atoms with van der Waals surface area (Å²) in [5, 5.41) is 0. The fraction of sp³-hybridized carbons (Fsp3) is 0.400. The van der Waals surface area contributed by atoms with Crippen LogP contribution in [-0.2, 0) is 4.79 Å². The van der Waals surface area contributed by atoms with E-state index in [1.807, 2.05) is 42.5 Å². The first kappa shape index (κ1) is 28.0. The molecule has 4 heterocycles. The molecule has 1 amide bonds. The average Bonchev–Trinajstić information content (AvgIpc) is 3.43. The summed E-state index contributed by atoms with van der Waals surface area (Å²) in [5.74, 6) is 1.48. The first-order valence-electron chi connectivity index (χ1n) is 14.1. The molecule has 3 N–H and O–H groups in total. The number of benzene rings is 2. The summed E-state index contributed by atoms with van der Waals surface area (Å²) in [6.45, 7) is 1.37. The van der Waals surface area contributed by atoms with E-state index in [4.69, 9.17) is 10.5 Å². The third-order valence-electron chi connectivity index (χ3n) is 8.14. The molecule has 9 nitrogen and oxygen atoms in total. The van der Waals surface area contributed by atoms with Crippen LogP contribution < -0.4 is 10.5 Å². The van der Waals surface area contributed by atoms with Gasteiger partial charge in [0.05, 0.1) is 17.9 Å². The van der Waals surface area contributed by atoms with E-state index in [2.05, 4.69) is 19.9 Å². The zero-order valence-electron chi connectivity index (χ0n) is 23.0. The monoisotopic (exact) mass is 579 g/mol. The van der Waals surface area contributed by atoms with Crippen LogP contribution in [0.5, 0.6) is 5.75 Å². The number of ether oxygens (including phenoxy) is 1. The number of carbonyl (C=O) groups is 1. The van der Waals surface area contributed by atoms with Gasteiger partial charge in [0.1, 0.15) is 29.5 Å². The number of rotatable bonds is 7. The van der Waals surface area contributed by atoms with Gasteiger partial charge in [0.2, 0.25) is 6.41 Å². The second kappa shape index (κ2) is 11.6. The zero-order valence-corrected chi connectivity index (χ0v) is 23.0. The molecule has 2 saturated heterocycles. The van der Waals surface area contributed by atoms with Crippen molar-refractivity contribution in [1.29, 1.82) is 0 Å². The minimum absolute atomic E-state index is 0.00357. The van der Waals surface area contributed by atoms with Gasteiger partial charge in [-0.25, -0.2) is 15.0 Å². The summed E-state index contributed by atoms with van der Waals surface area (Å²) in [7, 11) is 0. The molecule has 2 aliphatic heterocycles. The van der Waals surface area contributed by atoms with Gasteiger partial charge >= 0.3 is 6.18 Å². The number of amides is 1. The van der Waals surface area contributed by atoms with E-state index in [-0.39, 0.29) is 12.0 Å². The summed E-state index contributed by atoms with van der Waals surface area (Å²) in [4.78, 5) is 31.1. The first-order chi connectivity index (χ1) is 20.3. The molecule has 0 bridgehead atoms. The number of aromatic nitrogens is 4. The summed E-state index contributed by atoms with van der Waals surface area (Å²) < 4.78 is 44.3. The minimum atomic E-state index is -4.16. The Morgan fingerprint density at radius 3 is 2.36 bits per heavy atom. The van der Waals surface area contributed by atoms with Crippen LogP contribution in [0, 0.1) is 0 Å². The van der Waals surface area contributed by atoms with Crippen LogP contribution in [0.1, 0.15) is 37.2 Å². The number of piperidine rings is 2. The number of fused-ring (bicyclic) bond motifs is 1. The third-order valence-corrected chi connectivity index (χ3v) is 8.14. The van der Waals surface area contributed by atoms with Gasteiger partial charge in [0.15, 0.2) is 5.65 Å². The number of likely N-dealkylation sites (tertiary alicyclic amines) is 2. The van der Waals surface area contributed by atoms with Crippen LogP contribution in [0.3, 0.4) is 0 Å². The van der Waals surface area contributed by atoms with Crippen molar-refractivity contribution in [3.05, 3.63) is 54.4 Å². The summed E-state index contributed by atoms with van der Waals surface area (Å²) >= 11 is 0. The Labute approximate surface area is 240 Å². The molecule has 0 atom stereocenters. The van der Waals surface area contributed by atoms with Crippen molar-refractivity contribution in [2.24, 2.45) is 0 Å². The highest BCUT2D eigenvalue weighted by Crippen LogP contribution is 2.34. The van der Waals surface area contributed by atoms with Gasteiger partial charge in [0, 0.05) is 37.1 Å². The van der Waals surface area contributed by atoms with Gasteiger partial charge in [-0.1, -0.05) is 24.3 Å². The molecule has 2 aliphatic rings. The lowest BCUT2D eigenvalue weighted by atomic mass is 9.89. The fourth-order valence-corrected chi connectivity index (χ4v) is 5.86. The molecule has 12 heteroatoms. The highest BCUT2D eigenvalue weighted by atomic mass is 19.4. The predicted molar refractivity (Wildman–Crippen MR) is 153 cm³/mol. The number of imidazole rings is 1. The van der Waals surface area contributed by atoms with Crippen molar-refractivity contribution in [1.82, 2.24) is 29.7 Å². The Morgan fingerprint density at radius 1 is 0.976 bits per heavy atom. The number of nitrogen functional groups attached to an aromatic ring is 1. The normalized spacial score (nSPS) is 17.5. The average molecular weight is 580 g/mol. The van der Waals surface area contributed by atoms with Gasteiger partial charge in [0.25, 0.3) is 0 Å². The second-order valence-electron chi connectivity index (χ2n) is 11.0. The van der Waals surface area contributed by atoms with Gasteiger partial charge < -0.3 is 20.4 Å². The molecular formula is C30H32F3N7O2. The van der Waals surface area contributed by atoms with Crippen LogP contribution in [0.25, 0.3) is 33.8 Å². The van der Waals surface area contributed by atoms with Crippen molar-refractivity contribution >= 4 is 23.3 Å². The quantitative estimate of drug-likeness (QED) is 0.234. The number of aromatic amines is 1. The highest BCUT2D eigenvalue weighted by molar-refractivity contribution is 5.90. The largest absolute Gasteiger partial charge is 0.488 e. The van der Waals surface area contributed by atoms with E-state index in [1.54, 1.807) is 4.90 Å². The number of carbonyl (C=O) groups excluding carboxylic acids is 1. The summed E-state index contributed by atoms with van der Waals surface area (Å²) in [6, 6.07) is 13.6. The molecule has 220 valence electrons. The Bertz CT molecular complexity index is 1540. The summed E-state index contributed by atoms with van der Waals surface area (Å²) in [6.07, 6.45) is 1.09. The Balaban J connectivity index is 1.16. The molecule has 0 spiro atoms. The maximum atomic E-state index is 12.7. The van der Waals surface area contributed by atoms with Crippen molar-refractivity contribution in [3.8, 4) is 28.4 Å². The molecule has 0 unspecified atom stereocenters. The fourth-order valence-electron chi connectivity index (χ4n) is 5.86. The molecule has 0 saturated carbocycles. The van der Waals surface area contributed by atoms with Crippen LogP contribution in [0.4, 0.5) is 18.9 Å². The Kier molecular flexibility index (Phi) is 7.72. The lowest BCUT2D eigenvalue weighted by molar-refractivity contribution is -0.147. The van der Waals surface area contributed by atoms with Crippen molar-refractivity contribution in [2.75, 3.05) is 38.5 Å². The number of anilines is 1. The van der Waals surface area contributed by atoms with Crippen LogP contribution in [0.2, 0.25) is 0 Å². The van der Waals surface area contributed by atoms with Crippen LogP contribution in [-0.4, -0.2) is 81.1 Å². The summed E-state index contributed by atoms with van der Waals surface area (Å²) in [5.41, 5.74) is 11.5. The minimum Gasteiger partial charge on any atom is -0.488 e. The first-order valence-corrected chi connectivity index (χ1v) is 14.1. The molecule has 0 radical (unpaired) electrons. The standard InChI is InChI=1S/C30H32F3N7O2/c31-30(32,33)16-39-11-7-20(8-12-39)19-1-3-21(4-2-19)28-37-27-26(35-17-36-29(27)38-28)22-5-6-25(24(34)15-22)42-23-9-13-40(18-41)14-10-23/h1-6,15,17-18,20,23H,7-14,16,34H2,(H,35,36,37,38). The van der Waals surface area contributed by atoms with Gasteiger partial charge in [-0.3, -0.25) is 9.69 Å². The number of H-pyrrole nitrogens is 1. The smallest absolute Gasteiger partial charge is 0.401 e. The van der Waals surface area contributed by atoms with Gasteiger partial charge in [-0.05, 0) is 55.6 Å². The van der Waals surface area contributed by atoms with Gasteiger partial charge in [-0.15, -0.1) is 0 Å². The zero-order chi connectivity index (χ0) is 29.3. The van der Waals surface area contributed by atoms with Crippen molar-refractivity contribution < 1.29 is 22.7 Å². The van der Waals surface area contributed by atoms with E-state index >= 15 is 0 Å². The van der Waals surface area contributed by atoms with E-state index < -0.39 is 12.7 Å². The molecule has 2 aromatic carbocycles. The number of halogens is 3. The molecule has 4 aromatic rings. The number of nitrogens with zero attached hydrogens (tertiary/aromatic N) is 5. The van der Waals surface area contributed by atoms with E-state index in [0.717, 1.165) is 35.9 Å². The van der Waals surface area contributed by atoms with Crippen LogP contribution in [0.15, 0.2) is 48.8 Å². The SMILES string of the molecule is Nc1cc(-c2ncnc3nc(-c4ccc(C5CCN(CC(F)(F)F)CC5)cc4)[nH]c23)ccc1OC1CCN(C=O)CC1. The van der Waals surface area contributed by atoms with Gasteiger partial charge in [-0.2, -0.15) is 13.2 Å². The second-order valence-corrected chi connectivity index (χ2v) is 11.0. The third kappa shape index (κ3) is 6.18. The number of alkyl halides is 3. The molecule has 42 heavy (non-hydrogen) atoms. The highest BCUT2D eigenvalue weighted by Gasteiger charge is 2.32. The van der Waals surface area contributed by atoms with Crippen LogP contribution >= 0.6 is 0 Å². The Hall–Kier alpha value is -4.19. The lowest BCUT2D eigenvalue weighted by Crippen LogP contribution is -2.39. The molecular weight excluding hydrogens is 547 g/mol. The van der Waals surface area contributed by atoms with Crippen molar-refractivity contribution in [2.45, 2.75) is 43.9 Å². The predicted octanol–water partition coefficient (Wildman–Crippen LogP) is 5.01.